The van der Waals surface area contributed by atoms with Crippen LogP contribution in [0.3, 0.4) is 0 Å². The molecule has 0 aliphatic heterocycles. The number of hydrogen-bond donors (Lipinski definition) is 2. The summed E-state index contributed by atoms with van der Waals surface area (Å²) in [5.74, 6) is 6.55. The fourth-order valence-electron chi connectivity index (χ4n) is 3.12. The van der Waals surface area contributed by atoms with Crippen LogP contribution >= 0.6 is 23.2 Å². The lowest BCUT2D eigenvalue weighted by molar-refractivity contribution is -0.0761. The predicted molar refractivity (Wildman–Crippen MR) is 83.9 cm³/mol. The van der Waals surface area contributed by atoms with Crippen molar-refractivity contribution in [3.05, 3.63) is 33.8 Å². The second kappa shape index (κ2) is 6.63. The van der Waals surface area contributed by atoms with Crippen molar-refractivity contribution in [1.29, 1.82) is 0 Å². The van der Waals surface area contributed by atoms with E-state index in [1.54, 1.807) is 19.2 Å². The highest BCUT2D eigenvalue weighted by molar-refractivity contribution is 6.33. The van der Waals surface area contributed by atoms with E-state index in [1.807, 2.05) is 6.07 Å². The number of rotatable bonds is 4. The van der Waals surface area contributed by atoms with Gasteiger partial charge in [0.1, 0.15) is 0 Å². The molecule has 1 fully saturated rings. The fourth-order valence-corrected chi connectivity index (χ4v) is 3.53. The van der Waals surface area contributed by atoms with Crippen LogP contribution < -0.4 is 11.3 Å². The molecule has 0 spiro atoms. The van der Waals surface area contributed by atoms with E-state index >= 15 is 0 Å². The highest BCUT2D eigenvalue weighted by Gasteiger charge is 2.42. The zero-order valence-corrected chi connectivity index (χ0v) is 13.5. The fraction of sp³-hybridized carbons (Fsp3) is 0.600. The standard InChI is InChI=1S/C15H22Cl2N2O/c1-10-5-7-15(20-2,8-6-10)14(19-18)12-9-11(16)3-4-13(12)17/h3-4,9-10,14,19H,5-8,18H2,1-2H3. The van der Waals surface area contributed by atoms with Crippen LogP contribution in [-0.4, -0.2) is 12.7 Å². The second-order valence-electron chi connectivity index (χ2n) is 5.72. The number of halogens is 2. The summed E-state index contributed by atoms with van der Waals surface area (Å²) in [5.41, 5.74) is 3.47. The first kappa shape index (κ1) is 16.1. The average Bonchev–Trinajstić information content (AvgIpc) is 2.45. The second-order valence-corrected chi connectivity index (χ2v) is 6.56. The van der Waals surface area contributed by atoms with Crippen LogP contribution in [0.25, 0.3) is 0 Å². The van der Waals surface area contributed by atoms with E-state index in [0.717, 1.165) is 37.2 Å². The number of hydrogen-bond acceptors (Lipinski definition) is 3. The van der Waals surface area contributed by atoms with Gasteiger partial charge in [-0.25, -0.2) is 0 Å². The molecule has 0 amide bonds. The first-order chi connectivity index (χ1) is 9.52. The van der Waals surface area contributed by atoms with Gasteiger partial charge in [0.05, 0.1) is 11.6 Å². The summed E-state index contributed by atoms with van der Waals surface area (Å²) in [6.45, 7) is 2.27. The van der Waals surface area contributed by atoms with Crippen molar-refractivity contribution in [3.63, 3.8) is 0 Å². The zero-order chi connectivity index (χ0) is 14.8. The lowest BCUT2D eigenvalue weighted by Gasteiger charge is -2.44. The van der Waals surface area contributed by atoms with Crippen LogP contribution in [0.4, 0.5) is 0 Å². The van der Waals surface area contributed by atoms with Crippen LogP contribution in [0.15, 0.2) is 18.2 Å². The molecule has 3 nitrogen and oxygen atoms in total. The number of nitrogens with one attached hydrogen (secondary N) is 1. The maximum atomic E-state index is 6.33. The Morgan fingerprint density at radius 1 is 1.35 bits per heavy atom. The Kier molecular flexibility index (Phi) is 5.32. The third-order valence-corrected chi connectivity index (χ3v) is 5.07. The molecule has 1 unspecified atom stereocenters. The van der Waals surface area contributed by atoms with Crippen LogP contribution in [0.1, 0.15) is 44.2 Å². The van der Waals surface area contributed by atoms with Gasteiger partial charge in [-0.2, -0.15) is 0 Å². The molecule has 112 valence electrons. The molecule has 1 aromatic carbocycles. The molecule has 0 bridgehead atoms. The van der Waals surface area contributed by atoms with Crippen molar-refractivity contribution >= 4 is 23.2 Å². The number of benzene rings is 1. The molecule has 0 radical (unpaired) electrons. The van der Waals surface area contributed by atoms with E-state index in [1.165, 1.54) is 0 Å². The van der Waals surface area contributed by atoms with Gasteiger partial charge in [-0.3, -0.25) is 11.3 Å². The third kappa shape index (κ3) is 3.12. The summed E-state index contributed by atoms with van der Waals surface area (Å²) in [6.07, 6.45) is 4.18. The highest BCUT2D eigenvalue weighted by atomic mass is 35.5. The zero-order valence-electron chi connectivity index (χ0n) is 12.0. The molecular formula is C15H22Cl2N2O. The lowest BCUT2D eigenvalue weighted by Crippen LogP contribution is -2.50. The smallest absolute Gasteiger partial charge is 0.0886 e. The minimum Gasteiger partial charge on any atom is -0.376 e. The Labute approximate surface area is 130 Å². The summed E-state index contributed by atoms with van der Waals surface area (Å²) in [5, 5.41) is 1.31. The van der Waals surface area contributed by atoms with Crippen molar-refractivity contribution < 1.29 is 4.74 Å². The molecule has 1 aromatic rings. The summed E-state index contributed by atoms with van der Waals surface area (Å²) in [7, 11) is 1.75. The minimum absolute atomic E-state index is 0.161. The van der Waals surface area contributed by atoms with Crippen molar-refractivity contribution in [2.75, 3.05) is 7.11 Å². The Morgan fingerprint density at radius 2 is 2.00 bits per heavy atom. The Hall–Kier alpha value is -0.320. The highest BCUT2D eigenvalue weighted by Crippen LogP contribution is 2.44. The molecule has 1 aliphatic carbocycles. The van der Waals surface area contributed by atoms with Crippen molar-refractivity contribution in [3.8, 4) is 0 Å². The minimum atomic E-state index is -0.324. The Bertz CT molecular complexity index is 459. The Balaban J connectivity index is 2.36. The van der Waals surface area contributed by atoms with E-state index in [-0.39, 0.29) is 11.6 Å². The molecule has 2 rings (SSSR count). The van der Waals surface area contributed by atoms with Gasteiger partial charge in [-0.15, -0.1) is 0 Å². The molecule has 20 heavy (non-hydrogen) atoms. The average molecular weight is 317 g/mol. The van der Waals surface area contributed by atoms with Gasteiger partial charge in [-0.1, -0.05) is 30.1 Å². The monoisotopic (exact) mass is 316 g/mol. The number of ether oxygens (including phenoxy) is 1. The van der Waals surface area contributed by atoms with Gasteiger partial charge in [-0.05, 0) is 55.4 Å². The Morgan fingerprint density at radius 3 is 2.55 bits per heavy atom. The molecule has 1 saturated carbocycles. The summed E-state index contributed by atoms with van der Waals surface area (Å²) >= 11 is 12.4. The van der Waals surface area contributed by atoms with Crippen LogP contribution in [0, 0.1) is 5.92 Å². The number of nitrogens with two attached hydrogens (primary N) is 1. The van der Waals surface area contributed by atoms with Crippen LogP contribution in [0.5, 0.6) is 0 Å². The maximum Gasteiger partial charge on any atom is 0.0886 e. The van der Waals surface area contributed by atoms with Gasteiger partial charge in [0, 0.05) is 17.2 Å². The van der Waals surface area contributed by atoms with Gasteiger partial charge in [0.15, 0.2) is 0 Å². The maximum absolute atomic E-state index is 6.33. The van der Waals surface area contributed by atoms with Gasteiger partial charge >= 0.3 is 0 Å². The summed E-state index contributed by atoms with van der Waals surface area (Å²) < 4.78 is 5.89. The van der Waals surface area contributed by atoms with Gasteiger partial charge in [0.2, 0.25) is 0 Å². The van der Waals surface area contributed by atoms with E-state index in [2.05, 4.69) is 12.3 Å². The largest absolute Gasteiger partial charge is 0.376 e. The van der Waals surface area contributed by atoms with E-state index in [9.17, 15) is 0 Å². The topological polar surface area (TPSA) is 47.3 Å². The summed E-state index contributed by atoms with van der Waals surface area (Å²) in [4.78, 5) is 0. The quantitative estimate of drug-likeness (QED) is 0.649. The van der Waals surface area contributed by atoms with E-state index in [4.69, 9.17) is 33.8 Å². The van der Waals surface area contributed by atoms with E-state index in [0.29, 0.717) is 10.0 Å². The molecular weight excluding hydrogens is 295 g/mol. The molecule has 0 saturated heterocycles. The third-order valence-electron chi connectivity index (χ3n) is 4.49. The molecule has 1 aliphatic rings. The lowest BCUT2D eigenvalue weighted by atomic mass is 9.73. The SMILES string of the molecule is COC1(C(NN)c2cc(Cl)ccc2Cl)CCC(C)CC1. The first-order valence-corrected chi connectivity index (χ1v) is 7.74. The van der Waals surface area contributed by atoms with Crippen molar-refractivity contribution in [2.24, 2.45) is 11.8 Å². The summed E-state index contributed by atoms with van der Waals surface area (Å²) in [6, 6.07) is 5.29. The number of methoxy groups -OCH3 is 1. The molecule has 5 heteroatoms. The van der Waals surface area contributed by atoms with E-state index < -0.39 is 0 Å². The molecule has 0 aromatic heterocycles. The van der Waals surface area contributed by atoms with Crippen LogP contribution in [-0.2, 0) is 4.74 Å². The van der Waals surface area contributed by atoms with Crippen LogP contribution in [0.2, 0.25) is 10.0 Å². The molecule has 1 atom stereocenters. The molecule has 3 N–H and O–H groups in total. The molecule has 0 heterocycles. The van der Waals surface area contributed by atoms with Crippen molar-refractivity contribution in [2.45, 2.75) is 44.2 Å². The van der Waals surface area contributed by atoms with Crippen molar-refractivity contribution in [1.82, 2.24) is 5.43 Å². The first-order valence-electron chi connectivity index (χ1n) is 6.98. The van der Waals surface area contributed by atoms with Gasteiger partial charge < -0.3 is 4.74 Å². The predicted octanol–water partition coefficient (Wildman–Crippen LogP) is 4.09. The van der Waals surface area contributed by atoms with Gasteiger partial charge in [0.25, 0.3) is 0 Å². The number of hydrazine groups is 1. The normalized spacial score (nSPS) is 28.4.